The van der Waals surface area contributed by atoms with Gasteiger partial charge in [-0.3, -0.25) is 0 Å². The molecule has 0 aliphatic carbocycles. The van der Waals surface area contributed by atoms with Crippen molar-refractivity contribution in [3.05, 3.63) is 30.1 Å². The second-order valence-corrected chi connectivity index (χ2v) is 6.11. The summed E-state index contributed by atoms with van der Waals surface area (Å²) in [6.07, 6.45) is -0.278. The molecule has 0 aromatic heterocycles. The molecule has 1 aromatic carbocycles. The fourth-order valence-electron chi connectivity index (χ4n) is 2.03. The molecule has 1 N–H and O–H groups in total. The Kier molecular flexibility index (Phi) is 4.16. The number of nitrogens with zero attached hydrogens (tertiary/aromatic N) is 1. The van der Waals surface area contributed by atoms with E-state index in [0.29, 0.717) is 31.2 Å². The monoisotopic (exact) mass is 280 g/mol. The van der Waals surface area contributed by atoms with Crippen LogP contribution < -0.4 is 5.32 Å². The Morgan fingerprint density at radius 2 is 2.05 bits per heavy atom. The molecule has 0 spiro atoms. The first-order valence-corrected chi connectivity index (χ1v) is 6.81. The molecule has 0 unspecified atom stereocenters. The first-order chi connectivity index (χ1) is 9.35. The number of hydrogen-bond donors (Lipinski definition) is 1. The fraction of sp³-hybridized carbons (Fsp3) is 0.533. The Hall–Kier alpha value is -1.78. The predicted octanol–water partition coefficient (Wildman–Crippen LogP) is 3.10. The lowest BCUT2D eigenvalue weighted by Gasteiger charge is -2.39. The topological polar surface area (TPSA) is 41.6 Å². The van der Waals surface area contributed by atoms with Crippen LogP contribution in [0.5, 0.6) is 0 Å². The van der Waals surface area contributed by atoms with Crippen LogP contribution >= 0.6 is 0 Å². The quantitative estimate of drug-likeness (QED) is 0.925. The molecule has 1 aliphatic rings. The minimum Gasteiger partial charge on any atom is -0.444 e. The number of hydrogen-bond acceptors (Lipinski definition) is 3. The summed E-state index contributed by atoms with van der Waals surface area (Å²) in [7, 11) is 0. The minimum atomic E-state index is -0.465. The van der Waals surface area contributed by atoms with E-state index in [2.05, 4.69) is 5.32 Å². The second kappa shape index (κ2) is 5.69. The average molecular weight is 280 g/mol. The number of halogens is 1. The molecular weight excluding hydrogens is 259 g/mol. The van der Waals surface area contributed by atoms with E-state index >= 15 is 0 Å². The Bertz CT molecular complexity index is 479. The summed E-state index contributed by atoms with van der Waals surface area (Å²) in [5, 5.41) is 3.07. The molecule has 110 valence electrons. The molecule has 1 aromatic rings. The van der Waals surface area contributed by atoms with E-state index in [1.54, 1.807) is 23.1 Å². The van der Waals surface area contributed by atoms with Crippen molar-refractivity contribution in [2.75, 3.05) is 25.0 Å². The third-order valence-corrected chi connectivity index (χ3v) is 3.06. The van der Waals surface area contributed by atoms with Gasteiger partial charge in [-0.1, -0.05) is 12.1 Å². The van der Waals surface area contributed by atoms with Crippen molar-refractivity contribution >= 4 is 11.8 Å². The number of rotatable bonds is 3. The van der Waals surface area contributed by atoms with Crippen molar-refractivity contribution < 1.29 is 13.9 Å². The van der Waals surface area contributed by atoms with Crippen LogP contribution in [0, 0.1) is 11.7 Å². The molecule has 1 amide bonds. The standard InChI is InChI=1S/C15H21FN2O2/c1-15(2,3)20-14(19)18-9-11(10-18)8-17-13-7-5-4-6-12(13)16/h4-7,11,17H,8-10H2,1-3H3. The number of ether oxygens (including phenoxy) is 1. The van der Waals surface area contributed by atoms with Crippen molar-refractivity contribution in [1.29, 1.82) is 0 Å². The summed E-state index contributed by atoms with van der Waals surface area (Å²) in [6.45, 7) is 7.50. The van der Waals surface area contributed by atoms with Gasteiger partial charge in [-0.05, 0) is 32.9 Å². The number of amides is 1. The van der Waals surface area contributed by atoms with Crippen molar-refractivity contribution in [3.8, 4) is 0 Å². The largest absolute Gasteiger partial charge is 0.444 e. The summed E-state index contributed by atoms with van der Waals surface area (Å²) in [6, 6.07) is 6.59. The highest BCUT2D eigenvalue weighted by Gasteiger charge is 2.33. The average Bonchev–Trinajstić information content (AvgIpc) is 2.26. The SMILES string of the molecule is CC(C)(C)OC(=O)N1CC(CNc2ccccc2F)C1. The van der Waals surface area contributed by atoms with Crippen LogP contribution in [0.25, 0.3) is 0 Å². The van der Waals surface area contributed by atoms with E-state index in [4.69, 9.17) is 4.74 Å². The van der Waals surface area contributed by atoms with Gasteiger partial charge in [-0.15, -0.1) is 0 Å². The zero-order chi connectivity index (χ0) is 14.8. The molecular formula is C15H21FN2O2. The van der Waals surface area contributed by atoms with Crippen LogP contribution in [0.4, 0.5) is 14.9 Å². The number of carbonyl (C=O) groups is 1. The first kappa shape index (κ1) is 14.6. The van der Waals surface area contributed by atoms with E-state index in [9.17, 15) is 9.18 Å². The third-order valence-electron chi connectivity index (χ3n) is 3.06. The van der Waals surface area contributed by atoms with Crippen molar-refractivity contribution in [2.24, 2.45) is 5.92 Å². The smallest absolute Gasteiger partial charge is 0.410 e. The van der Waals surface area contributed by atoms with Gasteiger partial charge in [0.15, 0.2) is 0 Å². The lowest BCUT2D eigenvalue weighted by atomic mass is 10.0. The van der Waals surface area contributed by atoms with E-state index in [1.807, 2.05) is 20.8 Å². The normalized spacial score (nSPS) is 15.7. The van der Waals surface area contributed by atoms with Crippen molar-refractivity contribution in [3.63, 3.8) is 0 Å². The van der Waals surface area contributed by atoms with Gasteiger partial charge < -0.3 is 15.0 Å². The Morgan fingerprint density at radius 1 is 1.40 bits per heavy atom. The van der Waals surface area contributed by atoms with E-state index < -0.39 is 5.60 Å². The second-order valence-electron chi connectivity index (χ2n) is 6.11. The number of carbonyl (C=O) groups excluding carboxylic acids is 1. The zero-order valence-electron chi connectivity index (χ0n) is 12.1. The van der Waals surface area contributed by atoms with Crippen molar-refractivity contribution in [2.45, 2.75) is 26.4 Å². The van der Waals surface area contributed by atoms with Crippen LogP contribution in [0.15, 0.2) is 24.3 Å². The zero-order valence-corrected chi connectivity index (χ0v) is 12.1. The lowest BCUT2D eigenvalue weighted by molar-refractivity contribution is 0.000836. The van der Waals surface area contributed by atoms with Gasteiger partial charge in [0.25, 0.3) is 0 Å². The summed E-state index contributed by atoms with van der Waals surface area (Å²) in [5.74, 6) is 0.0814. The van der Waals surface area contributed by atoms with Gasteiger partial charge >= 0.3 is 6.09 Å². The fourth-order valence-corrected chi connectivity index (χ4v) is 2.03. The Labute approximate surface area is 118 Å². The maximum atomic E-state index is 13.4. The van der Waals surface area contributed by atoms with E-state index in [-0.39, 0.29) is 11.9 Å². The molecule has 4 nitrogen and oxygen atoms in total. The maximum Gasteiger partial charge on any atom is 0.410 e. The molecule has 1 saturated heterocycles. The Morgan fingerprint density at radius 3 is 2.65 bits per heavy atom. The summed E-state index contributed by atoms with van der Waals surface area (Å²) in [4.78, 5) is 13.4. The predicted molar refractivity (Wildman–Crippen MR) is 76.2 cm³/mol. The minimum absolute atomic E-state index is 0.254. The van der Waals surface area contributed by atoms with Crippen LogP contribution in [-0.4, -0.2) is 36.2 Å². The lowest BCUT2D eigenvalue weighted by Crippen LogP contribution is -2.53. The van der Waals surface area contributed by atoms with Crippen LogP contribution in [0.3, 0.4) is 0 Å². The molecule has 1 fully saturated rings. The number of benzene rings is 1. The first-order valence-electron chi connectivity index (χ1n) is 6.81. The van der Waals surface area contributed by atoms with E-state index in [0.717, 1.165) is 0 Å². The van der Waals surface area contributed by atoms with Gasteiger partial charge in [0.05, 0.1) is 5.69 Å². The van der Waals surface area contributed by atoms with Crippen LogP contribution in [0.2, 0.25) is 0 Å². The molecule has 1 heterocycles. The third kappa shape index (κ3) is 3.85. The number of likely N-dealkylation sites (tertiary alicyclic amines) is 1. The van der Waals surface area contributed by atoms with Crippen LogP contribution in [0.1, 0.15) is 20.8 Å². The van der Waals surface area contributed by atoms with Gasteiger partial charge in [0.2, 0.25) is 0 Å². The van der Waals surface area contributed by atoms with Gasteiger partial charge in [-0.2, -0.15) is 0 Å². The summed E-state index contributed by atoms with van der Waals surface area (Å²) in [5.41, 5.74) is 0.0383. The molecule has 2 rings (SSSR count). The molecule has 0 radical (unpaired) electrons. The molecule has 0 saturated carbocycles. The van der Waals surface area contributed by atoms with Crippen LogP contribution in [-0.2, 0) is 4.74 Å². The molecule has 1 aliphatic heterocycles. The number of anilines is 1. The molecule has 5 heteroatoms. The Balaban J connectivity index is 1.72. The number of nitrogens with one attached hydrogen (secondary N) is 1. The van der Waals surface area contributed by atoms with Gasteiger partial charge in [-0.25, -0.2) is 9.18 Å². The molecule has 0 bridgehead atoms. The number of para-hydroxylation sites is 1. The highest BCUT2D eigenvalue weighted by atomic mass is 19.1. The summed E-state index contributed by atoms with van der Waals surface area (Å²) >= 11 is 0. The van der Waals surface area contributed by atoms with E-state index in [1.165, 1.54) is 6.07 Å². The van der Waals surface area contributed by atoms with Gasteiger partial charge in [0, 0.05) is 25.6 Å². The highest BCUT2D eigenvalue weighted by molar-refractivity contribution is 5.69. The summed E-state index contributed by atoms with van der Waals surface area (Å²) < 4.78 is 18.7. The van der Waals surface area contributed by atoms with Crippen molar-refractivity contribution in [1.82, 2.24) is 4.90 Å². The highest BCUT2D eigenvalue weighted by Crippen LogP contribution is 2.21. The van der Waals surface area contributed by atoms with Gasteiger partial charge in [0.1, 0.15) is 11.4 Å². The molecule has 0 atom stereocenters. The molecule has 20 heavy (non-hydrogen) atoms. The maximum absolute atomic E-state index is 13.4.